The van der Waals surface area contributed by atoms with Gasteiger partial charge < -0.3 is 18.9 Å². The minimum absolute atomic E-state index is 0.176. The molecule has 5 nitrogen and oxygen atoms in total. The molecule has 24 heavy (non-hydrogen) atoms. The lowest BCUT2D eigenvalue weighted by atomic mass is 10.2. The van der Waals surface area contributed by atoms with Crippen LogP contribution in [0.5, 0.6) is 5.75 Å². The SMILES string of the molecule is COCOc1ccc2c(=S)cc(-c3nc4ccccc4[nH]3)oc2c1. The van der Waals surface area contributed by atoms with Crippen LogP contribution in [0, 0.1) is 4.51 Å². The number of nitrogens with zero attached hydrogens (tertiary/aromatic N) is 1. The van der Waals surface area contributed by atoms with Crippen molar-refractivity contribution in [1.29, 1.82) is 0 Å². The molecule has 4 rings (SSSR count). The van der Waals surface area contributed by atoms with Gasteiger partial charge in [-0.05, 0) is 24.3 Å². The summed E-state index contributed by atoms with van der Waals surface area (Å²) >= 11 is 5.49. The molecule has 4 aromatic rings. The second-order valence-corrected chi connectivity index (χ2v) is 5.73. The Bertz CT molecular complexity index is 1050. The van der Waals surface area contributed by atoms with Gasteiger partial charge in [0.15, 0.2) is 18.4 Å². The van der Waals surface area contributed by atoms with Crippen LogP contribution in [0.3, 0.4) is 0 Å². The maximum absolute atomic E-state index is 6.00. The van der Waals surface area contributed by atoms with Crippen molar-refractivity contribution in [3.63, 3.8) is 0 Å². The maximum atomic E-state index is 6.00. The van der Waals surface area contributed by atoms with Crippen LogP contribution in [-0.4, -0.2) is 23.9 Å². The molecule has 2 aromatic carbocycles. The van der Waals surface area contributed by atoms with Gasteiger partial charge in [-0.3, -0.25) is 0 Å². The molecule has 0 fully saturated rings. The van der Waals surface area contributed by atoms with Crippen molar-refractivity contribution >= 4 is 34.2 Å². The molecule has 2 aromatic heterocycles. The van der Waals surface area contributed by atoms with Crippen LogP contribution in [0.25, 0.3) is 33.6 Å². The lowest BCUT2D eigenvalue weighted by Crippen LogP contribution is -1.98. The van der Waals surface area contributed by atoms with Gasteiger partial charge in [-0.15, -0.1) is 0 Å². The molecule has 0 saturated heterocycles. The van der Waals surface area contributed by atoms with E-state index < -0.39 is 0 Å². The third-order valence-corrected chi connectivity index (χ3v) is 4.00. The zero-order valence-corrected chi connectivity index (χ0v) is 13.7. The van der Waals surface area contributed by atoms with Gasteiger partial charge in [-0.25, -0.2) is 4.98 Å². The van der Waals surface area contributed by atoms with E-state index in [9.17, 15) is 0 Å². The number of aromatic nitrogens is 2. The van der Waals surface area contributed by atoms with E-state index in [0.29, 0.717) is 27.4 Å². The Hall–Kier alpha value is -2.70. The highest BCUT2D eigenvalue weighted by atomic mass is 32.1. The van der Waals surface area contributed by atoms with Crippen LogP contribution in [-0.2, 0) is 4.74 Å². The molecule has 6 heteroatoms. The first-order valence-electron chi connectivity index (χ1n) is 7.39. The molecule has 0 aliphatic rings. The fourth-order valence-corrected chi connectivity index (χ4v) is 2.81. The highest BCUT2D eigenvalue weighted by Gasteiger charge is 2.10. The lowest BCUT2D eigenvalue weighted by Gasteiger charge is -2.06. The average Bonchev–Trinajstić information content (AvgIpc) is 3.04. The third kappa shape index (κ3) is 2.66. The van der Waals surface area contributed by atoms with Crippen LogP contribution in [0.2, 0.25) is 0 Å². The number of fused-ring (bicyclic) bond motifs is 2. The van der Waals surface area contributed by atoms with E-state index in [0.717, 1.165) is 16.4 Å². The molecule has 2 heterocycles. The standard InChI is InChI=1S/C18H14N2O3S/c1-21-10-22-11-6-7-12-15(8-11)23-16(9-17(12)24)18-19-13-4-2-3-5-14(13)20-18/h2-9H,10H2,1H3,(H,19,20). The zero-order chi connectivity index (χ0) is 16.5. The topological polar surface area (TPSA) is 60.3 Å². The minimum Gasteiger partial charge on any atom is -0.467 e. The summed E-state index contributed by atoms with van der Waals surface area (Å²) in [5, 5.41) is 0.856. The van der Waals surface area contributed by atoms with Crippen molar-refractivity contribution in [1.82, 2.24) is 9.97 Å². The van der Waals surface area contributed by atoms with Gasteiger partial charge in [-0.2, -0.15) is 0 Å². The number of imidazole rings is 1. The average molecular weight is 338 g/mol. The van der Waals surface area contributed by atoms with Crippen molar-refractivity contribution in [2.75, 3.05) is 13.9 Å². The lowest BCUT2D eigenvalue weighted by molar-refractivity contribution is 0.0512. The van der Waals surface area contributed by atoms with Crippen molar-refractivity contribution in [2.45, 2.75) is 0 Å². The fraction of sp³-hybridized carbons (Fsp3) is 0.111. The number of para-hydroxylation sites is 2. The van der Waals surface area contributed by atoms with E-state index in [1.807, 2.05) is 42.5 Å². The summed E-state index contributed by atoms with van der Waals surface area (Å²) in [7, 11) is 1.58. The van der Waals surface area contributed by atoms with Gasteiger partial charge in [0.25, 0.3) is 0 Å². The summed E-state index contributed by atoms with van der Waals surface area (Å²) in [5.74, 6) is 1.89. The quantitative estimate of drug-likeness (QED) is 0.432. The summed E-state index contributed by atoms with van der Waals surface area (Å²) in [6.07, 6.45) is 0. The Morgan fingerprint density at radius 2 is 2.04 bits per heavy atom. The highest BCUT2D eigenvalue weighted by Crippen LogP contribution is 2.28. The van der Waals surface area contributed by atoms with Crippen LogP contribution in [0.1, 0.15) is 0 Å². The van der Waals surface area contributed by atoms with Gasteiger partial charge in [0.05, 0.1) is 15.5 Å². The first-order chi connectivity index (χ1) is 11.7. The fourth-order valence-electron chi connectivity index (χ4n) is 2.54. The Morgan fingerprint density at radius 3 is 2.88 bits per heavy atom. The zero-order valence-electron chi connectivity index (χ0n) is 12.9. The summed E-state index contributed by atoms with van der Waals surface area (Å²) in [5.41, 5.74) is 2.48. The normalized spacial score (nSPS) is 11.2. The van der Waals surface area contributed by atoms with E-state index in [4.69, 9.17) is 26.1 Å². The van der Waals surface area contributed by atoms with E-state index >= 15 is 0 Å². The second-order valence-electron chi connectivity index (χ2n) is 5.29. The second kappa shape index (κ2) is 6.07. The molecular weight excluding hydrogens is 324 g/mol. The van der Waals surface area contributed by atoms with E-state index in [1.54, 1.807) is 13.2 Å². The largest absolute Gasteiger partial charge is 0.467 e. The van der Waals surface area contributed by atoms with Crippen LogP contribution >= 0.6 is 12.2 Å². The number of methoxy groups -OCH3 is 1. The van der Waals surface area contributed by atoms with Crippen molar-refractivity contribution < 1.29 is 13.9 Å². The van der Waals surface area contributed by atoms with Gasteiger partial charge in [0, 0.05) is 24.6 Å². The van der Waals surface area contributed by atoms with Crippen LogP contribution in [0.4, 0.5) is 0 Å². The number of nitrogens with one attached hydrogen (secondary N) is 1. The number of benzene rings is 2. The van der Waals surface area contributed by atoms with Gasteiger partial charge >= 0.3 is 0 Å². The molecule has 0 radical (unpaired) electrons. The van der Waals surface area contributed by atoms with Crippen molar-refractivity contribution in [3.8, 4) is 17.3 Å². The minimum atomic E-state index is 0.176. The van der Waals surface area contributed by atoms with Crippen molar-refractivity contribution in [2.24, 2.45) is 0 Å². The Kier molecular flexibility index (Phi) is 3.76. The number of ether oxygens (including phenoxy) is 2. The molecule has 1 N–H and O–H groups in total. The van der Waals surface area contributed by atoms with Crippen molar-refractivity contribution in [3.05, 3.63) is 53.0 Å². The molecule has 0 saturated carbocycles. The molecule has 0 bridgehead atoms. The molecule has 0 unspecified atom stereocenters. The number of H-pyrrole nitrogens is 1. The number of aromatic amines is 1. The Labute approximate surface area is 142 Å². The molecule has 0 atom stereocenters. The first kappa shape index (κ1) is 14.9. The number of rotatable bonds is 4. The smallest absolute Gasteiger partial charge is 0.188 e. The van der Waals surface area contributed by atoms with E-state index in [2.05, 4.69) is 9.97 Å². The van der Waals surface area contributed by atoms with Crippen LogP contribution in [0.15, 0.2) is 52.9 Å². The monoisotopic (exact) mass is 338 g/mol. The molecule has 0 amide bonds. The Morgan fingerprint density at radius 1 is 1.17 bits per heavy atom. The molecule has 120 valence electrons. The highest BCUT2D eigenvalue weighted by molar-refractivity contribution is 7.71. The van der Waals surface area contributed by atoms with Gasteiger partial charge in [0.1, 0.15) is 11.3 Å². The van der Waals surface area contributed by atoms with Crippen LogP contribution < -0.4 is 4.74 Å². The summed E-state index contributed by atoms with van der Waals surface area (Å²) in [6.45, 7) is 0.176. The first-order valence-corrected chi connectivity index (χ1v) is 7.80. The summed E-state index contributed by atoms with van der Waals surface area (Å²) in [4.78, 5) is 7.81. The number of hydrogen-bond donors (Lipinski definition) is 1. The molecule has 0 aliphatic carbocycles. The predicted octanol–water partition coefficient (Wildman–Crippen LogP) is 4.69. The third-order valence-electron chi connectivity index (χ3n) is 3.67. The molecule has 0 aliphatic heterocycles. The predicted molar refractivity (Wildman–Crippen MR) is 94.6 cm³/mol. The summed E-state index contributed by atoms with van der Waals surface area (Å²) in [6, 6.07) is 15.2. The maximum Gasteiger partial charge on any atom is 0.188 e. The van der Waals surface area contributed by atoms with E-state index in [1.165, 1.54) is 0 Å². The van der Waals surface area contributed by atoms with E-state index in [-0.39, 0.29) is 6.79 Å². The Balaban J connectivity index is 1.84. The number of hydrogen-bond acceptors (Lipinski definition) is 5. The van der Waals surface area contributed by atoms with Gasteiger partial charge in [0.2, 0.25) is 0 Å². The molecule has 0 spiro atoms. The molecular formula is C18H14N2O3S. The van der Waals surface area contributed by atoms with Gasteiger partial charge in [-0.1, -0.05) is 24.4 Å². The summed E-state index contributed by atoms with van der Waals surface area (Å²) < 4.78 is 17.1.